The zero-order valence-electron chi connectivity index (χ0n) is 6.19. The summed E-state index contributed by atoms with van der Waals surface area (Å²) < 4.78 is 0. The highest BCUT2D eigenvalue weighted by molar-refractivity contribution is 5.03. The first-order chi connectivity index (χ1) is 5.12. The fourth-order valence-corrected chi connectivity index (χ4v) is 2.38. The van der Waals surface area contributed by atoms with E-state index < -0.39 is 11.6 Å². The highest BCUT2D eigenvalue weighted by Crippen LogP contribution is 2.49. The van der Waals surface area contributed by atoms with Crippen LogP contribution in [0.4, 0.5) is 0 Å². The first kappa shape index (κ1) is 7.03. The average Bonchev–Trinajstić information content (AvgIpc) is 1.84. The highest BCUT2D eigenvalue weighted by Gasteiger charge is 2.58. The Bertz CT molecular complexity index is 198. The molecule has 0 radical (unpaired) electrons. The minimum absolute atomic E-state index is 0.324. The molecule has 3 saturated carbocycles. The maximum Gasteiger partial charge on any atom is 0.241 e. The van der Waals surface area contributed by atoms with E-state index in [0.29, 0.717) is 25.2 Å². The van der Waals surface area contributed by atoms with Gasteiger partial charge in [-0.3, -0.25) is 10.1 Å². The summed E-state index contributed by atoms with van der Waals surface area (Å²) in [4.78, 5) is 10.1. The topological polar surface area (TPSA) is 63.4 Å². The first-order valence-corrected chi connectivity index (χ1v) is 3.98. The third-order valence-electron chi connectivity index (χ3n) is 3.01. The van der Waals surface area contributed by atoms with E-state index in [-0.39, 0.29) is 4.92 Å². The molecule has 2 bridgehead atoms. The van der Waals surface area contributed by atoms with Crippen molar-refractivity contribution in [3.05, 3.63) is 10.1 Å². The SMILES string of the molecule is O=[N+]([O-])C1CCC2CC1(O)C2. The van der Waals surface area contributed by atoms with Gasteiger partial charge in [0, 0.05) is 11.3 Å². The Labute approximate surface area is 64.4 Å². The third kappa shape index (κ3) is 0.854. The Balaban J connectivity index is 2.14. The van der Waals surface area contributed by atoms with Crippen molar-refractivity contribution in [1.82, 2.24) is 0 Å². The smallest absolute Gasteiger partial charge is 0.241 e. The van der Waals surface area contributed by atoms with Crippen LogP contribution >= 0.6 is 0 Å². The molecule has 1 N–H and O–H groups in total. The van der Waals surface area contributed by atoms with Crippen LogP contribution in [-0.2, 0) is 0 Å². The summed E-state index contributed by atoms with van der Waals surface area (Å²) >= 11 is 0. The number of fused-ring (bicyclic) bond motifs is 2. The van der Waals surface area contributed by atoms with Gasteiger partial charge in [0.25, 0.3) is 0 Å². The van der Waals surface area contributed by atoms with Gasteiger partial charge in [-0.1, -0.05) is 0 Å². The van der Waals surface area contributed by atoms with Crippen LogP contribution in [-0.4, -0.2) is 21.7 Å². The number of hydrogen-bond donors (Lipinski definition) is 1. The maximum atomic E-state index is 10.4. The van der Waals surface area contributed by atoms with Crippen molar-refractivity contribution in [2.24, 2.45) is 5.92 Å². The summed E-state index contributed by atoms with van der Waals surface area (Å²) in [6, 6.07) is -0.688. The highest BCUT2D eigenvalue weighted by atomic mass is 16.6. The molecule has 0 aromatic rings. The molecule has 0 amide bonds. The van der Waals surface area contributed by atoms with Crippen molar-refractivity contribution in [2.75, 3.05) is 0 Å². The summed E-state index contributed by atoms with van der Waals surface area (Å²) in [5.74, 6) is 0.566. The number of nitro groups is 1. The molecule has 0 aliphatic heterocycles. The fourth-order valence-electron chi connectivity index (χ4n) is 2.38. The van der Waals surface area contributed by atoms with Gasteiger partial charge in [0.15, 0.2) is 0 Å². The minimum Gasteiger partial charge on any atom is -0.383 e. The van der Waals surface area contributed by atoms with Crippen molar-refractivity contribution in [1.29, 1.82) is 0 Å². The fraction of sp³-hybridized carbons (Fsp3) is 1.00. The van der Waals surface area contributed by atoms with E-state index in [4.69, 9.17) is 0 Å². The molecular formula is C7H11NO3. The maximum absolute atomic E-state index is 10.4. The molecule has 1 unspecified atom stereocenters. The van der Waals surface area contributed by atoms with Gasteiger partial charge in [0.2, 0.25) is 6.04 Å². The van der Waals surface area contributed by atoms with Gasteiger partial charge >= 0.3 is 0 Å². The summed E-state index contributed by atoms with van der Waals surface area (Å²) in [7, 11) is 0. The molecule has 62 valence electrons. The van der Waals surface area contributed by atoms with E-state index in [9.17, 15) is 15.2 Å². The summed E-state index contributed by atoms with van der Waals surface area (Å²) in [6.07, 6.45) is 2.79. The summed E-state index contributed by atoms with van der Waals surface area (Å²) in [6.45, 7) is 0. The van der Waals surface area contributed by atoms with Crippen LogP contribution in [0.25, 0.3) is 0 Å². The molecule has 4 heteroatoms. The van der Waals surface area contributed by atoms with Crippen molar-refractivity contribution >= 4 is 0 Å². The van der Waals surface area contributed by atoms with E-state index in [0.717, 1.165) is 6.42 Å². The van der Waals surface area contributed by atoms with Crippen LogP contribution < -0.4 is 0 Å². The molecule has 0 spiro atoms. The van der Waals surface area contributed by atoms with Crippen LogP contribution in [0.3, 0.4) is 0 Å². The van der Waals surface area contributed by atoms with Crippen LogP contribution in [0, 0.1) is 16.0 Å². The van der Waals surface area contributed by atoms with Gasteiger partial charge in [-0.05, 0) is 25.2 Å². The molecule has 11 heavy (non-hydrogen) atoms. The Morgan fingerprint density at radius 3 is 2.45 bits per heavy atom. The number of nitrogens with zero attached hydrogens (tertiary/aromatic N) is 1. The lowest BCUT2D eigenvalue weighted by molar-refractivity contribution is -0.559. The van der Waals surface area contributed by atoms with Gasteiger partial charge in [-0.15, -0.1) is 0 Å². The normalized spacial score (nSPS) is 48.1. The van der Waals surface area contributed by atoms with Crippen molar-refractivity contribution in [2.45, 2.75) is 37.3 Å². The van der Waals surface area contributed by atoms with Gasteiger partial charge < -0.3 is 5.11 Å². The van der Waals surface area contributed by atoms with Gasteiger partial charge in [-0.2, -0.15) is 0 Å². The van der Waals surface area contributed by atoms with E-state index >= 15 is 0 Å². The van der Waals surface area contributed by atoms with E-state index in [1.54, 1.807) is 0 Å². The van der Waals surface area contributed by atoms with Crippen molar-refractivity contribution in [3.63, 3.8) is 0 Å². The average molecular weight is 157 g/mol. The lowest BCUT2D eigenvalue weighted by Crippen LogP contribution is -2.59. The van der Waals surface area contributed by atoms with E-state index in [2.05, 4.69) is 0 Å². The molecule has 4 nitrogen and oxygen atoms in total. The number of hydrogen-bond acceptors (Lipinski definition) is 3. The molecule has 3 aliphatic rings. The largest absolute Gasteiger partial charge is 0.383 e. The second-order valence-electron chi connectivity index (χ2n) is 3.76. The lowest BCUT2D eigenvalue weighted by Gasteiger charge is -2.49. The number of rotatable bonds is 1. The van der Waals surface area contributed by atoms with E-state index in [1.807, 2.05) is 0 Å². The Morgan fingerprint density at radius 2 is 2.09 bits per heavy atom. The second kappa shape index (κ2) is 1.94. The molecular weight excluding hydrogens is 146 g/mol. The predicted octanol–water partition coefficient (Wildman–Crippen LogP) is 0.567. The molecule has 0 saturated heterocycles. The zero-order chi connectivity index (χ0) is 8.06. The molecule has 3 fully saturated rings. The van der Waals surface area contributed by atoms with Crippen molar-refractivity contribution < 1.29 is 10.0 Å². The second-order valence-corrected chi connectivity index (χ2v) is 3.76. The van der Waals surface area contributed by atoms with Crippen LogP contribution in [0.2, 0.25) is 0 Å². The molecule has 0 aromatic heterocycles. The summed E-state index contributed by atoms with van der Waals surface area (Å²) in [5.41, 5.74) is -0.938. The lowest BCUT2D eigenvalue weighted by atomic mass is 9.59. The zero-order valence-corrected chi connectivity index (χ0v) is 6.19. The molecule has 1 atom stereocenters. The minimum atomic E-state index is -0.938. The molecule has 0 heterocycles. The monoisotopic (exact) mass is 157 g/mol. The van der Waals surface area contributed by atoms with Gasteiger partial charge in [0.05, 0.1) is 0 Å². The standard InChI is InChI=1S/C7H11NO3/c9-7-3-5(4-7)1-2-6(7)8(10)11/h5-6,9H,1-4H2. The molecule has 0 aromatic carbocycles. The van der Waals surface area contributed by atoms with Crippen LogP contribution in [0.1, 0.15) is 25.7 Å². The summed E-state index contributed by atoms with van der Waals surface area (Å²) in [5, 5.41) is 20.1. The molecule has 3 aliphatic carbocycles. The predicted molar refractivity (Wildman–Crippen MR) is 37.7 cm³/mol. The van der Waals surface area contributed by atoms with Crippen molar-refractivity contribution in [3.8, 4) is 0 Å². The third-order valence-corrected chi connectivity index (χ3v) is 3.01. The first-order valence-electron chi connectivity index (χ1n) is 3.98. The van der Waals surface area contributed by atoms with E-state index in [1.165, 1.54) is 0 Å². The van der Waals surface area contributed by atoms with Crippen LogP contribution in [0.5, 0.6) is 0 Å². The molecule has 3 rings (SSSR count). The number of aliphatic hydroxyl groups is 1. The van der Waals surface area contributed by atoms with Crippen LogP contribution in [0.15, 0.2) is 0 Å². The Kier molecular flexibility index (Phi) is 1.24. The Morgan fingerprint density at radius 1 is 1.45 bits per heavy atom. The van der Waals surface area contributed by atoms with Gasteiger partial charge in [0.1, 0.15) is 5.60 Å². The van der Waals surface area contributed by atoms with Gasteiger partial charge in [-0.25, -0.2) is 0 Å². The Hall–Kier alpha value is -0.640. The quantitative estimate of drug-likeness (QED) is 0.447.